The maximum absolute atomic E-state index is 12.5. The molecular weight excluding hydrogens is 272 g/mol. The molecule has 112 valence electrons. The highest BCUT2D eigenvalue weighted by Gasteiger charge is 2.28. The minimum Gasteiger partial charge on any atom is -0.399 e. The van der Waals surface area contributed by atoms with Crippen molar-refractivity contribution in [3.63, 3.8) is 0 Å². The van der Waals surface area contributed by atoms with Gasteiger partial charge in [0.2, 0.25) is 10.0 Å². The van der Waals surface area contributed by atoms with Crippen LogP contribution in [-0.4, -0.2) is 14.5 Å². The number of nitrogens with two attached hydrogens (primary N) is 1. The normalized spacial score (nSPS) is 27.4. The number of nitrogen functional groups attached to an aromatic ring is 1. The van der Waals surface area contributed by atoms with Gasteiger partial charge in [-0.05, 0) is 61.8 Å². The van der Waals surface area contributed by atoms with Crippen molar-refractivity contribution in [1.29, 1.82) is 0 Å². The third-order valence-corrected chi connectivity index (χ3v) is 5.38. The van der Waals surface area contributed by atoms with Gasteiger partial charge in [0.1, 0.15) is 0 Å². The molecule has 0 heterocycles. The number of anilines is 1. The summed E-state index contributed by atoms with van der Waals surface area (Å²) in [4.78, 5) is 0.265. The highest BCUT2D eigenvalue weighted by Crippen LogP contribution is 2.29. The van der Waals surface area contributed by atoms with E-state index in [-0.39, 0.29) is 10.9 Å². The average Bonchev–Trinajstić information content (AvgIpc) is 2.25. The van der Waals surface area contributed by atoms with Gasteiger partial charge in [0.25, 0.3) is 0 Å². The molecular formula is C15H24N2O2S. The standard InChI is InChI=1S/C15H24N2O2S/c1-10-4-11(2)7-14(6-10)17-20(18,19)15-8-12(3)5-13(16)9-15/h5,8-11,14,17H,4,6-7,16H2,1-3H3. The molecule has 1 aliphatic rings. The van der Waals surface area contributed by atoms with Crippen LogP contribution < -0.4 is 10.5 Å². The van der Waals surface area contributed by atoms with Gasteiger partial charge in [-0.2, -0.15) is 0 Å². The van der Waals surface area contributed by atoms with Gasteiger partial charge in [-0.3, -0.25) is 0 Å². The van der Waals surface area contributed by atoms with E-state index in [0.29, 0.717) is 17.5 Å². The summed E-state index contributed by atoms with van der Waals surface area (Å²) in [5, 5.41) is 0. The lowest BCUT2D eigenvalue weighted by Gasteiger charge is -2.31. The molecule has 4 nitrogen and oxygen atoms in total. The van der Waals surface area contributed by atoms with Gasteiger partial charge < -0.3 is 5.73 Å². The number of nitrogens with one attached hydrogen (secondary N) is 1. The lowest BCUT2D eigenvalue weighted by Crippen LogP contribution is -2.40. The van der Waals surface area contributed by atoms with Gasteiger partial charge in [0.15, 0.2) is 0 Å². The molecule has 0 spiro atoms. The molecule has 5 heteroatoms. The van der Waals surface area contributed by atoms with Crippen LogP contribution in [0.5, 0.6) is 0 Å². The lowest BCUT2D eigenvalue weighted by molar-refractivity contribution is 0.257. The number of hydrogen-bond donors (Lipinski definition) is 2. The summed E-state index contributed by atoms with van der Waals surface area (Å²) in [6.45, 7) is 6.21. The van der Waals surface area contributed by atoms with Crippen molar-refractivity contribution < 1.29 is 8.42 Å². The second-order valence-electron chi connectivity index (χ2n) is 6.32. The molecule has 0 saturated heterocycles. The van der Waals surface area contributed by atoms with Gasteiger partial charge in [0.05, 0.1) is 4.90 Å². The summed E-state index contributed by atoms with van der Waals surface area (Å²) in [6.07, 6.45) is 2.99. The Morgan fingerprint density at radius 3 is 2.25 bits per heavy atom. The summed E-state index contributed by atoms with van der Waals surface area (Å²) in [5.74, 6) is 1.13. The van der Waals surface area contributed by atoms with E-state index in [4.69, 9.17) is 5.73 Å². The maximum atomic E-state index is 12.5. The number of sulfonamides is 1. The Labute approximate surface area is 121 Å². The van der Waals surface area contributed by atoms with Crippen molar-refractivity contribution in [3.05, 3.63) is 23.8 Å². The Hall–Kier alpha value is -1.07. The van der Waals surface area contributed by atoms with Crippen molar-refractivity contribution in [2.45, 2.75) is 51.0 Å². The molecule has 0 amide bonds. The Bertz CT molecular complexity index is 553. The quantitative estimate of drug-likeness (QED) is 0.842. The summed E-state index contributed by atoms with van der Waals surface area (Å²) >= 11 is 0. The predicted octanol–water partition coefficient (Wildman–Crippen LogP) is 2.68. The summed E-state index contributed by atoms with van der Waals surface area (Å²) in [7, 11) is -3.48. The third-order valence-electron chi connectivity index (χ3n) is 3.88. The molecule has 2 unspecified atom stereocenters. The van der Waals surface area contributed by atoms with Crippen molar-refractivity contribution in [2.75, 3.05) is 5.73 Å². The molecule has 1 aliphatic carbocycles. The van der Waals surface area contributed by atoms with Gasteiger partial charge in [-0.15, -0.1) is 0 Å². The smallest absolute Gasteiger partial charge is 0.240 e. The van der Waals surface area contributed by atoms with E-state index < -0.39 is 10.0 Å². The average molecular weight is 296 g/mol. The van der Waals surface area contributed by atoms with Gasteiger partial charge >= 0.3 is 0 Å². The molecule has 1 fully saturated rings. The van der Waals surface area contributed by atoms with Crippen LogP contribution in [0, 0.1) is 18.8 Å². The highest BCUT2D eigenvalue weighted by molar-refractivity contribution is 7.89. The molecule has 0 aliphatic heterocycles. The van der Waals surface area contributed by atoms with E-state index in [2.05, 4.69) is 18.6 Å². The van der Waals surface area contributed by atoms with Crippen molar-refractivity contribution in [3.8, 4) is 0 Å². The number of hydrogen-bond acceptors (Lipinski definition) is 3. The molecule has 1 aromatic carbocycles. The van der Waals surface area contributed by atoms with Gasteiger partial charge in [-0.25, -0.2) is 13.1 Å². The van der Waals surface area contributed by atoms with Crippen LogP contribution in [0.4, 0.5) is 5.69 Å². The molecule has 1 saturated carbocycles. The van der Waals surface area contributed by atoms with Crippen LogP contribution in [0.2, 0.25) is 0 Å². The second-order valence-corrected chi connectivity index (χ2v) is 8.03. The molecule has 1 aromatic rings. The molecule has 0 radical (unpaired) electrons. The van der Waals surface area contributed by atoms with E-state index in [9.17, 15) is 8.42 Å². The maximum Gasteiger partial charge on any atom is 0.240 e. The Morgan fingerprint density at radius 2 is 1.70 bits per heavy atom. The highest BCUT2D eigenvalue weighted by atomic mass is 32.2. The van der Waals surface area contributed by atoms with Crippen LogP contribution in [0.1, 0.15) is 38.7 Å². The van der Waals surface area contributed by atoms with Gasteiger partial charge in [0, 0.05) is 11.7 Å². The summed E-state index contributed by atoms with van der Waals surface area (Å²) in [6, 6.07) is 4.98. The predicted molar refractivity (Wildman–Crippen MR) is 81.9 cm³/mol. The first-order valence-corrected chi connectivity index (χ1v) is 8.64. The summed E-state index contributed by atoms with van der Waals surface area (Å²) < 4.78 is 27.7. The zero-order valence-electron chi connectivity index (χ0n) is 12.4. The SMILES string of the molecule is Cc1cc(N)cc(S(=O)(=O)NC2CC(C)CC(C)C2)c1. The summed E-state index contributed by atoms with van der Waals surface area (Å²) in [5.41, 5.74) is 7.08. The molecule has 2 atom stereocenters. The van der Waals surface area contributed by atoms with Crippen LogP contribution in [-0.2, 0) is 10.0 Å². The largest absolute Gasteiger partial charge is 0.399 e. The van der Waals surface area contributed by atoms with E-state index >= 15 is 0 Å². The number of aryl methyl sites for hydroxylation is 1. The van der Waals surface area contributed by atoms with Crippen molar-refractivity contribution in [2.24, 2.45) is 11.8 Å². The molecule has 20 heavy (non-hydrogen) atoms. The van der Waals surface area contributed by atoms with Crippen LogP contribution in [0.25, 0.3) is 0 Å². The first kappa shape index (κ1) is 15.3. The molecule has 3 N–H and O–H groups in total. The fraction of sp³-hybridized carbons (Fsp3) is 0.600. The first-order chi connectivity index (χ1) is 9.26. The van der Waals surface area contributed by atoms with Crippen LogP contribution >= 0.6 is 0 Å². The Balaban J connectivity index is 2.18. The number of rotatable bonds is 3. The lowest BCUT2D eigenvalue weighted by atomic mass is 9.81. The van der Waals surface area contributed by atoms with Crippen LogP contribution in [0.3, 0.4) is 0 Å². The van der Waals surface area contributed by atoms with E-state index in [0.717, 1.165) is 18.4 Å². The minimum absolute atomic E-state index is 0.0282. The van der Waals surface area contributed by atoms with E-state index in [1.54, 1.807) is 12.1 Å². The topological polar surface area (TPSA) is 72.2 Å². The second kappa shape index (κ2) is 5.74. The minimum atomic E-state index is -3.48. The fourth-order valence-electron chi connectivity index (χ4n) is 3.26. The monoisotopic (exact) mass is 296 g/mol. The zero-order chi connectivity index (χ0) is 14.9. The first-order valence-electron chi connectivity index (χ1n) is 7.16. The number of benzene rings is 1. The van der Waals surface area contributed by atoms with Crippen LogP contribution in [0.15, 0.2) is 23.1 Å². The van der Waals surface area contributed by atoms with E-state index in [1.165, 1.54) is 12.5 Å². The molecule has 0 bridgehead atoms. The fourth-order valence-corrected chi connectivity index (χ4v) is 4.66. The zero-order valence-corrected chi connectivity index (χ0v) is 13.2. The van der Waals surface area contributed by atoms with Gasteiger partial charge in [-0.1, -0.05) is 13.8 Å². The third kappa shape index (κ3) is 3.73. The molecule has 2 rings (SSSR count). The van der Waals surface area contributed by atoms with Crippen molar-refractivity contribution >= 4 is 15.7 Å². The Kier molecular flexibility index (Phi) is 4.39. The van der Waals surface area contributed by atoms with Crippen molar-refractivity contribution in [1.82, 2.24) is 4.72 Å². The molecule has 0 aromatic heterocycles. The Morgan fingerprint density at radius 1 is 1.10 bits per heavy atom. The van der Waals surface area contributed by atoms with E-state index in [1.807, 2.05) is 6.92 Å².